The molecule has 0 saturated heterocycles. The lowest BCUT2D eigenvalue weighted by Crippen LogP contribution is -2.42. The van der Waals surface area contributed by atoms with Gasteiger partial charge in [-0.05, 0) is 37.0 Å². The van der Waals surface area contributed by atoms with E-state index in [1.165, 1.54) is 44.9 Å². The maximum absolute atomic E-state index is 6.52. The molecule has 0 aromatic carbocycles. The van der Waals surface area contributed by atoms with Crippen LogP contribution in [0.5, 0.6) is 0 Å². The van der Waals surface area contributed by atoms with E-state index in [0.29, 0.717) is 5.41 Å². The molecule has 2 aliphatic rings. The van der Waals surface area contributed by atoms with E-state index < -0.39 is 0 Å². The summed E-state index contributed by atoms with van der Waals surface area (Å²) in [4.78, 5) is 0. The fourth-order valence-corrected chi connectivity index (χ4v) is 3.42. The highest BCUT2D eigenvalue weighted by atomic mass is 14.9. The van der Waals surface area contributed by atoms with Crippen LogP contribution >= 0.6 is 0 Å². The summed E-state index contributed by atoms with van der Waals surface area (Å²) in [5.41, 5.74) is 7.24. The highest BCUT2D eigenvalue weighted by Gasteiger charge is 2.61. The van der Waals surface area contributed by atoms with Gasteiger partial charge in [-0.25, -0.2) is 0 Å². The minimum Gasteiger partial charge on any atom is -0.324 e. The molecule has 2 aliphatic carbocycles. The highest BCUT2D eigenvalue weighted by molar-refractivity contribution is 5.17. The van der Waals surface area contributed by atoms with Crippen LogP contribution in [0.2, 0.25) is 0 Å². The van der Waals surface area contributed by atoms with Crippen LogP contribution < -0.4 is 5.73 Å². The first kappa shape index (κ1) is 9.51. The maximum Gasteiger partial charge on any atom is 0.0241 e. The van der Waals surface area contributed by atoms with Crippen molar-refractivity contribution in [3.63, 3.8) is 0 Å². The Hall–Kier alpha value is -0.0400. The van der Waals surface area contributed by atoms with Gasteiger partial charge in [0.05, 0.1) is 0 Å². The van der Waals surface area contributed by atoms with Crippen LogP contribution in [0, 0.1) is 11.3 Å². The van der Waals surface area contributed by atoms with Gasteiger partial charge in [-0.1, -0.05) is 33.1 Å². The predicted molar refractivity (Wildman–Crippen MR) is 56.5 cm³/mol. The summed E-state index contributed by atoms with van der Waals surface area (Å²) in [5.74, 6) is 0.848. The first-order valence-corrected chi connectivity index (χ1v) is 5.91. The maximum atomic E-state index is 6.52. The molecule has 0 aromatic rings. The molecule has 1 nitrogen and oxygen atoms in total. The SMILES string of the molecule is CCCC1CC1(N)C1(C)CCCC1. The van der Waals surface area contributed by atoms with Crippen molar-refractivity contribution in [3.8, 4) is 0 Å². The molecular weight excluding hydrogens is 158 g/mol. The molecule has 0 aromatic heterocycles. The second-order valence-electron chi connectivity index (χ2n) is 5.50. The normalized spacial score (nSPS) is 42.2. The highest BCUT2D eigenvalue weighted by Crippen LogP contribution is 2.61. The Bertz CT molecular complexity index is 193. The van der Waals surface area contributed by atoms with E-state index in [1.54, 1.807) is 0 Å². The zero-order chi connectivity index (χ0) is 9.53. The first-order chi connectivity index (χ1) is 6.12. The van der Waals surface area contributed by atoms with Gasteiger partial charge in [0.15, 0.2) is 0 Å². The van der Waals surface area contributed by atoms with E-state index in [2.05, 4.69) is 13.8 Å². The van der Waals surface area contributed by atoms with Crippen molar-refractivity contribution in [2.75, 3.05) is 0 Å². The molecule has 2 rings (SSSR count). The van der Waals surface area contributed by atoms with Gasteiger partial charge in [0, 0.05) is 5.54 Å². The van der Waals surface area contributed by atoms with Crippen molar-refractivity contribution < 1.29 is 0 Å². The second kappa shape index (κ2) is 2.98. The molecular formula is C12H23N. The summed E-state index contributed by atoms with van der Waals surface area (Å²) >= 11 is 0. The molecule has 2 unspecified atom stereocenters. The van der Waals surface area contributed by atoms with Crippen LogP contribution in [0.3, 0.4) is 0 Å². The molecule has 1 heteroatoms. The number of hydrogen-bond acceptors (Lipinski definition) is 1. The molecule has 76 valence electrons. The Kier molecular flexibility index (Phi) is 2.18. The zero-order valence-electron chi connectivity index (χ0n) is 9.10. The van der Waals surface area contributed by atoms with Crippen molar-refractivity contribution in [1.82, 2.24) is 0 Å². The van der Waals surface area contributed by atoms with Gasteiger partial charge in [-0.2, -0.15) is 0 Å². The summed E-state index contributed by atoms with van der Waals surface area (Å²) in [6.45, 7) is 4.70. The van der Waals surface area contributed by atoms with E-state index in [9.17, 15) is 0 Å². The Morgan fingerprint density at radius 3 is 2.46 bits per heavy atom. The summed E-state index contributed by atoms with van der Waals surface area (Å²) in [5, 5.41) is 0. The second-order valence-corrected chi connectivity index (χ2v) is 5.50. The zero-order valence-corrected chi connectivity index (χ0v) is 9.10. The van der Waals surface area contributed by atoms with E-state index in [0.717, 1.165) is 5.92 Å². The van der Waals surface area contributed by atoms with Crippen molar-refractivity contribution in [2.45, 2.75) is 64.3 Å². The van der Waals surface area contributed by atoms with Gasteiger partial charge in [0.1, 0.15) is 0 Å². The van der Waals surface area contributed by atoms with Crippen LogP contribution in [0.1, 0.15) is 58.8 Å². The number of hydrogen-bond donors (Lipinski definition) is 1. The summed E-state index contributed by atoms with van der Waals surface area (Å²) in [6, 6.07) is 0. The standard InChI is InChI=1S/C12H23N/c1-3-6-10-9-12(10,13)11(2)7-4-5-8-11/h10H,3-9,13H2,1-2H3. The van der Waals surface area contributed by atoms with Crippen LogP contribution in [0.15, 0.2) is 0 Å². The lowest BCUT2D eigenvalue weighted by Gasteiger charge is -2.32. The Labute approximate surface area is 82.1 Å². The Morgan fingerprint density at radius 1 is 1.31 bits per heavy atom. The smallest absolute Gasteiger partial charge is 0.0241 e. The molecule has 0 aliphatic heterocycles. The molecule has 0 amide bonds. The van der Waals surface area contributed by atoms with Crippen molar-refractivity contribution >= 4 is 0 Å². The fraction of sp³-hybridized carbons (Fsp3) is 1.00. The quantitative estimate of drug-likeness (QED) is 0.711. The average Bonchev–Trinajstić information content (AvgIpc) is 2.59. The van der Waals surface area contributed by atoms with Crippen LogP contribution in [-0.4, -0.2) is 5.54 Å². The Morgan fingerprint density at radius 2 is 1.92 bits per heavy atom. The molecule has 13 heavy (non-hydrogen) atoms. The van der Waals surface area contributed by atoms with Gasteiger partial charge < -0.3 is 5.73 Å². The Balaban J connectivity index is 2.01. The van der Waals surface area contributed by atoms with E-state index in [1.807, 2.05) is 0 Å². The van der Waals surface area contributed by atoms with Crippen molar-refractivity contribution in [2.24, 2.45) is 17.1 Å². The summed E-state index contributed by atoms with van der Waals surface area (Å²) in [7, 11) is 0. The average molecular weight is 181 g/mol. The summed E-state index contributed by atoms with van der Waals surface area (Å²) in [6.07, 6.45) is 9.54. The molecule has 0 heterocycles. The van der Waals surface area contributed by atoms with Gasteiger partial charge in [-0.3, -0.25) is 0 Å². The van der Waals surface area contributed by atoms with Crippen molar-refractivity contribution in [3.05, 3.63) is 0 Å². The lowest BCUT2D eigenvalue weighted by atomic mass is 9.77. The predicted octanol–water partition coefficient (Wildman–Crippen LogP) is 3.08. The molecule has 0 bridgehead atoms. The molecule has 0 radical (unpaired) electrons. The third-order valence-electron chi connectivity index (χ3n) is 4.62. The molecule has 2 fully saturated rings. The summed E-state index contributed by atoms with van der Waals surface area (Å²) < 4.78 is 0. The van der Waals surface area contributed by atoms with Gasteiger partial charge in [0.25, 0.3) is 0 Å². The minimum absolute atomic E-state index is 0.236. The van der Waals surface area contributed by atoms with Gasteiger partial charge in [0.2, 0.25) is 0 Å². The van der Waals surface area contributed by atoms with Crippen LogP contribution in [0.4, 0.5) is 0 Å². The van der Waals surface area contributed by atoms with Crippen LogP contribution in [0.25, 0.3) is 0 Å². The van der Waals surface area contributed by atoms with Gasteiger partial charge >= 0.3 is 0 Å². The molecule has 2 N–H and O–H groups in total. The number of rotatable bonds is 3. The number of nitrogens with two attached hydrogens (primary N) is 1. The van der Waals surface area contributed by atoms with Crippen LogP contribution in [-0.2, 0) is 0 Å². The minimum atomic E-state index is 0.236. The monoisotopic (exact) mass is 181 g/mol. The third kappa shape index (κ3) is 1.32. The van der Waals surface area contributed by atoms with Gasteiger partial charge in [-0.15, -0.1) is 0 Å². The fourth-order valence-electron chi connectivity index (χ4n) is 3.42. The molecule has 2 atom stereocenters. The lowest BCUT2D eigenvalue weighted by molar-refractivity contribution is 0.224. The van der Waals surface area contributed by atoms with E-state index in [-0.39, 0.29) is 5.54 Å². The van der Waals surface area contributed by atoms with E-state index >= 15 is 0 Å². The first-order valence-electron chi connectivity index (χ1n) is 5.91. The largest absolute Gasteiger partial charge is 0.324 e. The third-order valence-corrected chi connectivity index (χ3v) is 4.62. The molecule has 0 spiro atoms. The molecule has 2 saturated carbocycles. The van der Waals surface area contributed by atoms with E-state index in [4.69, 9.17) is 5.73 Å². The topological polar surface area (TPSA) is 26.0 Å². The van der Waals surface area contributed by atoms with Crippen molar-refractivity contribution in [1.29, 1.82) is 0 Å².